The monoisotopic (exact) mass is 912 g/mol. The van der Waals surface area contributed by atoms with Crippen LogP contribution in [0.3, 0.4) is 0 Å². The topological polar surface area (TPSA) is 216 Å². The summed E-state index contributed by atoms with van der Waals surface area (Å²) in [6, 6.07) is 16.9. The molecule has 66 heavy (non-hydrogen) atoms. The van der Waals surface area contributed by atoms with Gasteiger partial charge >= 0.3 is 6.18 Å². The normalized spacial score (nSPS) is 16.8. The minimum absolute atomic E-state index is 0.0142. The predicted octanol–water partition coefficient (Wildman–Crippen LogP) is 4.95. The summed E-state index contributed by atoms with van der Waals surface area (Å²) in [5, 5.41) is 7.68. The Kier molecular flexibility index (Phi) is 15.0. The van der Waals surface area contributed by atoms with Crippen LogP contribution in [0.2, 0.25) is 0 Å². The molecule has 3 aliphatic rings. The summed E-state index contributed by atoms with van der Waals surface area (Å²) in [5.74, 6) is -3.05. The zero-order valence-electron chi connectivity index (χ0n) is 36.1. The molecule has 1 atom stereocenters. The second-order valence-electron chi connectivity index (χ2n) is 16.5. The number of aromatic nitrogens is 1. The summed E-state index contributed by atoms with van der Waals surface area (Å²) in [6.45, 7) is 5.67. The molecule has 4 aromatic rings. The Hall–Kier alpha value is -6.86. The van der Waals surface area contributed by atoms with E-state index in [4.69, 9.17) is 10.5 Å². The molecule has 348 valence electrons. The van der Waals surface area contributed by atoms with Gasteiger partial charge in [-0.3, -0.25) is 53.6 Å². The molecule has 0 saturated carbocycles. The molecule has 3 aromatic carbocycles. The summed E-state index contributed by atoms with van der Waals surface area (Å²) in [5.41, 5.74) is 6.20. The van der Waals surface area contributed by atoms with Crippen LogP contribution in [0.15, 0.2) is 77.7 Å². The molecule has 19 heteroatoms. The van der Waals surface area contributed by atoms with Crippen molar-refractivity contribution in [3.8, 4) is 16.9 Å². The maximum atomic E-state index is 13.6. The molecule has 6 N–H and O–H groups in total. The lowest BCUT2D eigenvalue weighted by molar-refractivity contribution is -0.138. The van der Waals surface area contributed by atoms with Gasteiger partial charge in [0.05, 0.1) is 40.2 Å². The quantitative estimate of drug-likeness (QED) is 0.0512. The second-order valence-corrected chi connectivity index (χ2v) is 16.5. The summed E-state index contributed by atoms with van der Waals surface area (Å²) < 4.78 is 46.6. The number of carbonyl (C=O) groups excluding carboxylic acids is 6. The van der Waals surface area contributed by atoms with Crippen LogP contribution in [0.25, 0.3) is 11.1 Å². The van der Waals surface area contributed by atoms with Gasteiger partial charge in [0.1, 0.15) is 11.8 Å². The molecule has 1 aromatic heterocycles. The molecule has 0 aliphatic carbocycles. The number of nitrogens with two attached hydrogens (primary N) is 1. The molecular weight excluding hydrogens is 862 g/mol. The number of nitrogens with one attached hydrogen (secondary N) is 4. The van der Waals surface area contributed by atoms with Gasteiger partial charge in [-0.05, 0) is 66.3 Å². The summed E-state index contributed by atoms with van der Waals surface area (Å²) in [7, 11) is 0. The van der Waals surface area contributed by atoms with Gasteiger partial charge in [0, 0.05) is 70.9 Å². The third-order valence-electron chi connectivity index (χ3n) is 11.9. The Labute approximate surface area is 378 Å². The highest BCUT2D eigenvalue weighted by molar-refractivity contribution is 6.24. The first-order chi connectivity index (χ1) is 31.7. The van der Waals surface area contributed by atoms with E-state index in [1.165, 1.54) is 6.07 Å². The van der Waals surface area contributed by atoms with Gasteiger partial charge in [-0.15, -0.1) is 0 Å². The number of rotatable bonds is 18. The number of alkyl halides is 3. The number of hydrogen-bond donors (Lipinski definition) is 5. The highest BCUT2D eigenvalue weighted by Crippen LogP contribution is 2.35. The van der Waals surface area contributed by atoms with Crippen LogP contribution in [0.5, 0.6) is 5.75 Å². The number of pyridine rings is 1. The summed E-state index contributed by atoms with van der Waals surface area (Å²) >= 11 is 0. The van der Waals surface area contributed by atoms with Crippen LogP contribution in [0.1, 0.15) is 93.6 Å². The van der Waals surface area contributed by atoms with E-state index in [0.29, 0.717) is 44.2 Å². The van der Waals surface area contributed by atoms with Crippen molar-refractivity contribution in [3.05, 3.63) is 111 Å². The lowest BCUT2D eigenvalue weighted by atomic mass is 10.0. The number of unbranched alkanes of at least 4 members (excludes halogenated alkanes) is 4. The van der Waals surface area contributed by atoms with Gasteiger partial charge < -0.3 is 26.1 Å². The molecule has 7 rings (SSSR count). The number of benzene rings is 3. The molecule has 2 saturated heterocycles. The smallest absolute Gasteiger partial charge is 0.417 e. The van der Waals surface area contributed by atoms with Crippen molar-refractivity contribution in [2.24, 2.45) is 0 Å². The zero-order chi connectivity index (χ0) is 47.0. The number of carbonyl (C=O) groups is 6. The Morgan fingerprint density at radius 2 is 1.56 bits per heavy atom. The van der Waals surface area contributed by atoms with Crippen LogP contribution in [-0.4, -0.2) is 107 Å². The maximum Gasteiger partial charge on any atom is 0.417 e. The number of nitrogen functional groups attached to an aromatic ring is 1. The summed E-state index contributed by atoms with van der Waals surface area (Å²) in [4.78, 5) is 94.9. The second kappa shape index (κ2) is 21.0. The number of hydrogen-bond acceptors (Lipinski definition) is 11. The molecule has 6 amide bonds. The molecular formula is C47H51F3N8O8. The van der Waals surface area contributed by atoms with Crippen molar-refractivity contribution >= 4 is 46.8 Å². The fraction of sp³-hybridized carbons (Fsp3) is 0.383. The molecule has 16 nitrogen and oxygen atoms in total. The van der Waals surface area contributed by atoms with E-state index in [2.05, 4.69) is 30.7 Å². The predicted molar refractivity (Wildman–Crippen MR) is 237 cm³/mol. The molecule has 0 spiro atoms. The van der Waals surface area contributed by atoms with E-state index < -0.39 is 58.4 Å². The van der Waals surface area contributed by atoms with Gasteiger partial charge in [-0.2, -0.15) is 13.2 Å². The number of ether oxygens (including phenoxy) is 1. The van der Waals surface area contributed by atoms with Crippen LogP contribution < -0.4 is 32.0 Å². The minimum Gasteiger partial charge on any atom is -0.493 e. The van der Waals surface area contributed by atoms with Crippen LogP contribution in [0.4, 0.5) is 24.5 Å². The Morgan fingerprint density at radius 3 is 2.33 bits per heavy atom. The molecule has 0 radical (unpaired) electrons. The Morgan fingerprint density at radius 1 is 0.833 bits per heavy atom. The highest BCUT2D eigenvalue weighted by Gasteiger charge is 2.46. The van der Waals surface area contributed by atoms with Crippen molar-refractivity contribution in [3.63, 3.8) is 0 Å². The summed E-state index contributed by atoms with van der Waals surface area (Å²) in [6.07, 6.45) is 0.483. The number of piperidine rings is 1. The van der Waals surface area contributed by atoms with Gasteiger partial charge in [-0.25, -0.2) is 0 Å². The van der Waals surface area contributed by atoms with Gasteiger partial charge in [0.25, 0.3) is 17.7 Å². The number of nitrogens with zero attached hydrogens (tertiary/aromatic N) is 3. The van der Waals surface area contributed by atoms with Crippen molar-refractivity contribution in [2.45, 2.75) is 70.1 Å². The number of anilines is 2. The third-order valence-corrected chi connectivity index (χ3v) is 11.9. The van der Waals surface area contributed by atoms with Gasteiger partial charge in [0.15, 0.2) is 0 Å². The highest BCUT2D eigenvalue weighted by atomic mass is 19.4. The van der Waals surface area contributed by atoms with E-state index >= 15 is 0 Å². The Balaban J connectivity index is 0.765. The number of H-pyrrole nitrogens is 1. The van der Waals surface area contributed by atoms with Crippen molar-refractivity contribution < 1.29 is 46.7 Å². The lowest BCUT2D eigenvalue weighted by Gasteiger charge is -2.34. The first-order valence-electron chi connectivity index (χ1n) is 21.9. The fourth-order valence-corrected chi connectivity index (χ4v) is 8.35. The lowest BCUT2D eigenvalue weighted by Crippen LogP contribution is -2.54. The Bertz CT molecular complexity index is 2560. The average molecular weight is 913 g/mol. The fourth-order valence-electron chi connectivity index (χ4n) is 8.35. The number of aromatic amines is 1. The van der Waals surface area contributed by atoms with Gasteiger partial charge in [0.2, 0.25) is 23.3 Å². The third kappa shape index (κ3) is 11.5. The number of piperazine rings is 1. The van der Waals surface area contributed by atoms with E-state index in [1.807, 2.05) is 24.3 Å². The van der Waals surface area contributed by atoms with E-state index in [9.17, 15) is 46.7 Å². The number of fused-ring (bicyclic) bond motifs is 1. The van der Waals surface area contributed by atoms with Gasteiger partial charge in [-0.1, -0.05) is 49.6 Å². The molecule has 4 heterocycles. The average Bonchev–Trinajstić information content (AvgIpc) is 3.54. The minimum atomic E-state index is -4.91. The molecule has 1 unspecified atom stereocenters. The zero-order valence-corrected chi connectivity index (χ0v) is 36.1. The standard InChI is InChI=1S/C47H51F3N8O8/c48-47(49,50)34-26-41(61)53-27-33(34)43(62)54-36-25-31(13-14-35(36)51)30-9-6-8-29(24-30)28-57-21-19-56(20-22-57)18-17-52-39(59)12-4-2-1-3-5-23-66-38-11-7-10-32-42(38)46(65)58(45(32)64)37-15-16-40(60)55-44(37)63/h6-11,13-14,24-27,37H,1-5,12,15-23,28,51H2,(H,52,59)(H,53,61)(H,54,62)(H,55,60,63). The largest absolute Gasteiger partial charge is 0.493 e. The van der Waals surface area contributed by atoms with E-state index in [1.54, 1.807) is 30.3 Å². The SMILES string of the molecule is Nc1ccc(-c2cccc(CN3CCN(CCNC(=O)CCCCCCCOc4cccc5c4C(=O)N(C4CCC(=O)NC4=O)C5=O)CC3)c2)cc1NC(=O)c1c[nH]c(=O)cc1C(F)(F)F. The molecule has 2 fully saturated rings. The maximum absolute atomic E-state index is 13.6. The van der Waals surface area contributed by atoms with E-state index in [0.717, 1.165) is 80.6 Å². The van der Waals surface area contributed by atoms with Crippen molar-refractivity contribution in [2.75, 3.05) is 56.9 Å². The number of imide groups is 2. The molecule has 0 bridgehead atoms. The van der Waals surface area contributed by atoms with Crippen LogP contribution in [-0.2, 0) is 27.1 Å². The molecule has 3 aliphatic heterocycles. The number of amides is 6. The number of halogens is 3. The first-order valence-corrected chi connectivity index (χ1v) is 21.9. The van der Waals surface area contributed by atoms with Crippen LogP contribution >= 0.6 is 0 Å². The first kappa shape index (κ1) is 47.1. The van der Waals surface area contributed by atoms with Crippen molar-refractivity contribution in [1.82, 2.24) is 30.3 Å². The van der Waals surface area contributed by atoms with Crippen LogP contribution in [0, 0.1) is 0 Å². The van der Waals surface area contributed by atoms with Crippen molar-refractivity contribution in [1.29, 1.82) is 0 Å². The van der Waals surface area contributed by atoms with E-state index in [-0.39, 0.29) is 47.0 Å².